The van der Waals surface area contributed by atoms with Crippen LogP contribution in [0.5, 0.6) is 0 Å². The SMILES string of the molecule is CCCCP1[C@@H](C)[C@H]2OC(C)(C)O[C@@H]2[C@@H]1C. The van der Waals surface area contributed by atoms with Gasteiger partial charge in [-0.2, -0.15) is 0 Å². The molecule has 0 amide bonds. The number of hydrogen-bond donors (Lipinski definition) is 0. The van der Waals surface area contributed by atoms with Crippen LogP contribution in [-0.2, 0) is 9.47 Å². The molecular weight excluding hydrogens is 219 g/mol. The van der Waals surface area contributed by atoms with Crippen molar-refractivity contribution < 1.29 is 9.47 Å². The summed E-state index contributed by atoms with van der Waals surface area (Å²) in [6.07, 6.45) is 4.78. The summed E-state index contributed by atoms with van der Waals surface area (Å²) in [6, 6.07) is 0. The van der Waals surface area contributed by atoms with E-state index in [1.807, 2.05) is 13.8 Å². The van der Waals surface area contributed by atoms with E-state index < -0.39 is 0 Å². The fourth-order valence-electron chi connectivity index (χ4n) is 3.06. The van der Waals surface area contributed by atoms with E-state index in [1.165, 1.54) is 19.0 Å². The minimum atomic E-state index is -0.357. The lowest BCUT2D eigenvalue weighted by Gasteiger charge is -2.27. The minimum absolute atomic E-state index is 0.102. The Balaban J connectivity index is 2.04. The summed E-state index contributed by atoms with van der Waals surface area (Å²) in [4.78, 5) is 0. The first kappa shape index (κ1) is 12.8. The molecule has 0 saturated carbocycles. The predicted molar refractivity (Wildman–Crippen MR) is 69.4 cm³/mol. The van der Waals surface area contributed by atoms with Crippen LogP contribution in [0.15, 0.2) is 0 Å². The van der Waals surface area contributed by atoms with Gasteiger partial charge in [0.15, 0.2) is 5.79 Å². The van der Waals surface area contributed by atoms with Crippen molar-refractivity contribution in [2.75, 3.05) is 6.16 Å². The maximum absolute atomic E-state index is 6.06. The van der Waals surface area contributed by atoms with Crippen LogP contribution in [0.4, 0.5) is 0 Å². The van der Waals surface area contributed by atoms with Crippen molar-refractivity contribution in [3.8, 4) is 0 Å². The van der Waals surface area contributed by atoms with E-state index in [1.54, 1.807) is 0 Å². The molecule has 0 aromatic heterocycles. The Morgan fingerprint density at radius 1 is 1.06 bits per heavy atom. The van der Waals surface area contributed by atoms with Crippen LogP contribution in [-0.4, -0.2) is 35.5 Å². The zero-order valence-corrected chi connectivity index (χ0v) is 12.1. The molecule has 3 heteroatoms. The van der Waals surface area contributed by atoms with Crippen LogP contribution >= 0.6 is 7.92 Å². The fraction of sp³-hybridized carbons (Fsp3) is 1.00. The molecule has 0 N–H and O–H groups in total. The van der Waals surface area contributed by atoms with E-state index in [9.17, 15) is 0 Å². The average Bonchev–Trinajstić information content (AvgIpc) is 2.62. The summed E-state index contributed by atoms with van der Waals surface area (Å²) in [5.74, 6) is -0.357. The Morgan fingerprint density at radius 3 is 2.00 bits per heavy atom. The van der Waals surface area contributed by atoms with Crippen molar-refractivity contribution >= 4 is 7.92 Å². The van der Waals surface area contributed by atoms with Crippen molar-refractivity contribution in [3.05, 3.63) is 0 Å². The second kappa shape index (κ2) is 4.55. The fourth-order valence-corrected chi connectivity index (χ4v) is 6.51. The number of hydrogen-bond acceptors (Lipinski definition) is 2. The molecule has 16 heavy (non-hydrogen) atoms. The topological polar surface area (TPSA) is 18.5 Å². The van der Waals surface area contributed by atoms with Crippen molar-refractivity contribution in [3.63, 3.8) is 0 Å². The van der Waals surface area contributed by atoms with Gasteiger partial charge in [0.05, 0.1) is 12.2 Å². The van der Waals surface area contributed by atoms with E-state index in [4.69, 9.17) is 9.47 Å². The third kappa shape index (κ3) is 2.17. The van der Waals surface area contributed by atoms with Crippen LogP contribution in [0.25, 0.3) is 0 Å². The molecule has 0 spiro atoms. The Hall–Kier alpha value is 0.350. The van der Waals surface area contributed by atoms with E-state index >= 15 is 0 Å². The molecule has 94 valence electrons. The highest BCUT2D eigenvalue weighted by molar-refractivity contribution is 7.59. The highest BCUT2D eigenvalue weighted by atomic mass is 31.1. The zero-order chi connectivity index (χ0) is 11.9. The van der Waals surface area contributed by atoms with E-state index in [2.05, 4.69) is 20.8 Å². The summed E-state index contributed by atoms with van der Waals surface area (Å²) in [5, 5.41) is 0. The molecule has 0 aliphatic carbocycles. The first-order valence-corrected chi connectivity index (χ1v) is 8.24. The summed E-state index contributed by atoms with van der Waals surface area (Å²) in [7, 11) is 0.102. The molecule has 2 saturated heterocycles. The molecule has 0 unspecified atom stereocenters. The van der Waals surface area contributed by atoms with Crippen LogP contribution in [0.1, 0.15) is 47.5 Å². The number of fused-ring (bicyclic) bond motifs is 1. The van der Waals surface area contributed by atoms with Gasteiger partial charge in [-0.15, -0.1) is 0 Å². The normalized spacial score (nSPS) is 45.9. The first-order chi connectivity index (χ1) is 7.46. The molecule has 2 rings (SSSR count). The quantitative estimate of drug-likeness (QED) is 0.706. The van der Waals surface area contributed by atoms with Gasteiger partial charge in [-0.3, -0.25) is 0 Å². The van der Waals surface area contributed by atoms with Crippen LogP contribution < -0.4 is 0 Å². The summed E-state index contributed by atoms with van der Waals surface area (Å²) < 4.78 is 12.1. The van der Waals surface area contributed by atoms with E-state index in [-0.39, 0.29) is 13.7 Å². The third-order valence-corrected chi connectivity index (χ3v) is 7.44. The second-order valence-electron chi connectivity index (χ2n) is 5.64. The lowest BCUT2D eigenvalue weighted by atomic mass is 10.1. The monoisotopic (exact) mass is 244 g/mol. The molecule has 2 heterocycles. The minimum Gasteiger partial charge on any atom is -0.344 e. The van der Waals surface area contributed by atoms with Crippen LogP contribution in [0.2, 0.25) is 0 Å². The smallest absolute Gasteiger partial charge is 0.163 e. The summed E-state index contributed by atoms with van der Waals surface area (Å²) in [5.41, 5.74) is 1.42. The van der Waals surface area contributed by atoms with Gasteiger partial charge in [0, 0.05) is 11.3 Å². The Morgan fingerprint density at radius 2 is 1.56 bits per heavy atom. The number of rotatable bonds is 3. The van der Waals surface area contributed by atoms with Gasteiger partial charge in [0.2, 0.25) is 0 Å². The lowest BCUT2D eigenvalue weighted by molar-refractivity contribution is -0.147. The molecule has 4 atom stereocenters. The largest absolute Gasteiger partial charge is 0.344 e. The molecule has 0 aromatic carbocycles. The standard InChI is InChI=1S/C13H25O2P/c1-6-7-8-16-9(2)11-12(10(16)3)15-13(4,5)14-11/h9-12H,6-8H2,1-5H3/t9-,10-,11+,12+/m0/s1. The van der Waals surface area contributed by atoms with Crippen molar-refractivity contribution in [1.29, 1.82) is 0 Å². The number of unbranched alkanes of at least 4 members (excludes halogenated alkanes) is 1. The maximum atomic E-state index is 6.06. The maximum Gasteiger partial charge on any atom is 0.163 e. The zero-order valence-electron chi connectivity index (χ0n) is 11.2. The van der Waals surface area contributed by atoms with Crippen molar-refractivity contribution in [2.24, 2.45) is 0 Å². The molecule has 0 bridgehead atoms. The van der Waals surface area contributed by atoms with Gasteiger partial charge in [0.25, 0.3) is 0 Å². The highest BCUT2D eigenvalue weighted by Crippen LogP contribution is 2.60. The Kier molecular flexibility index (Phi) is 3.64. The Bertz CT molecular complexity index is 234. The van der Waals surface area contributed by atoms with E-state index in [0.717, 1.165) is 0 Å². The third-order valence-electron chi connectivity index (χ3n) is 3.93. The van der Waals surface area contributed by atoms with Gasteiger partial charge in [-0.25, -0.2) is 0 Å². The van der Waals surface area contributed by atoms with Gasteiger partial charge in [-0.1, -0.05) is 35.1 Å². The van der Waals surface area contributed by atoms with Crippen LogP contribution in [0.3, 0.4) is 0 Å². The van der Waals surface area contributed by atoms with Gasteiger partial charge in [0.1, 0.15) is 0 Å². The predicted octanol–water partition coefficient (Wildman–Crippen LogP) is 3.58. The summed E-state index contributed by atoms with van der Waals surface area (Å²) >= 11 is 0. The van der Waals surface area contributed by atoms with Crippen LogP contribution in [0, 0.1) is 0 Å². The van der Waals surface area contributed by atoms with Gasteiger partial charge >= 0.3 is 0 Å². The highest BCUT2D eigenvalue weighted by Gasteiger charge is 2.54. The summed E-state index contributed by atoms with van der Waals surface area (Å²) in [6.45, 7) is 11.1. The molecule has 2 nitrogen and oxygen atoms in total. The van der Waals surface area contributed by atoms with Gasteiger partial charge in [-0.05, 0) is 26.4 Å². The van der Waals surface area contributed by atoms with Crippen molar-refractivity contribution in [1.82, 2.24) is 0 Å². The molecular formula is C13H25O2P. The Labute approximate surface area is 101 Å². The molecule has 2 fully saturated rings. The van der Waals surface area contributed by atoms with E-state index in [0.29, 0.717) is 23.5 Å². The van der Waals surface area contributed by atoms with Gasteiger partial charge < -0.3 is 9.47 Å². The molecule has 2 aliphatic rings. The average molecular weight is 244 g/mol. The number of ether oxygens (including phenoxy) is 2. The molecule has 0 radical (unpaired) electrons. The molecule has 0 aromatic rings. The first-order valence-electron chi connectivity index (χ1n) is 6.57. The second-order valence-corrected chi connectivity index (χ2v) is 8.74. The molecule has 2 aliphatic heterocycles. The van der Waals surface area contributed by atoms with Crippen molar-refractivity contribution in [2.45, 2.75) is 76.8 Å². The lowest BCUT2D eigenvalue weighted by Crippen LogP contribution is -2.27.